The van der Waals surface area contributed by atoms with Gasteiger partial charge in [0.2, 0.25) is 15.2 Å². The van der Waals surface area contributed by atoms with E-state index in [1.165, 1.54) is 12.8 Å². The molecule has 1 saturated carbocycles. The lowest BCUT2D eigenvalue weighted by Gasteiger charge is -2.25. The summed E-state index contributed by atoms with van der Waals surface area (Å²) in [5.41, 5.74) is 1.03. The van der Waals surface area contributed by atoms with Crippen LogP contribution in [0.25, 0.3) is 0 Å². The molecule has 1 aliphatic carbocycles. The minimum absolute atomic E-state index is 0.380. The Morgan fingerprint density at radius 1 is 1.08 bits per heavy atom. The van der Waals surface area contributed by atoms with E-state index < -0.39 is 10.0 Å². The molecular weight excluding hydrogens is 356 g/mol. The number of nitrogens with one attached hydrogen (secondary N) is 1. The Morgan fingerprint density at radius 3 is 2.48 bits per heavy atom. The summed E-state index contributed by atoms with van der Waals surface area (Å²) in [6, 6.07) is 7.15. The van der Waals surface area contributed by atoms with E-state index in [0.717, 1.165) is 35.0 Å². The Morgan fingerprint density at radius 2 is 1.80 bits per heavy atom. The van der Waals surface area contributed by atoms with Gasteiger partial charge in [-0.1, -0.05) is 29.9 Å². The highest BCUT2D eigenvalue weighted by Crippen LogP contribution is 2.42. The van der Waals surface area contributed by atoms with Gasteiger partial charge >= 0.3 is 0 Å². The maximum absolute atomic E-state index is 12.6. The molecule has 2 fully saturated rings. The molecule has 0 amide bonds. The first-order chi connectivity index (χ1) is 12.1. The van der Waals surface area contributed by atoms with Gasteiger partial charge in [0, 0.05) is 25.6 Å². The van der Waals surface area contributed by atoms with Gasteiger partial charge in [-0.25, -0.2) is 8.42 Å². The predicted molar refractivity (Wildman–Crippen MR) is 98.3 cm³/mol. The summed E-state index contributed by atoms with van der Waals surface area (Å²) in [7, 11) is -3.35. The van der Waals surface area contributed by atoms with E-state index in [1.54, 1.807) is 27.8 Å². The van der Waals surface area contributed by atoms with Crippen LogP contribution in [-0.2, 0) is 16.6 Å². The monoisotopic (exact) mass is 378 g/mol. The minimum atomic E-state index is -3.35. The molecule has 0 unspecified atom stereocenters. The van der Waals surface area contributed by atoms with Crippen LogP contribution >= 0.6 is 11.3 Å². The Balaban J connectivity index is 1.39. The average Bonchev–Trinajstić information content (AvgIpc) is 3.39. The molecular formula is C17H22N4O2S2. The van der Waals surface area contributed by atoms with Gasteiger partial charge in [-0.15, -0.1) is 10.2 Å². The van der Waals surface area contributed by atoms with Crippen molar-refractivity contribution in [3.63, 3.8) is 0 Å². The average molecular weight is 379 g/mol. The van der Waals surface area contributed by atoms with Gasteiger partial charge in [-0.2, -0.15) is 4.31 Å². The van der Waals surface area contributed by atoms with Gasteiger partial charge in [-0.05, 0) is 43.4 Å². The quantitative estimate of drug-likeness (QED) is 0.835. The van der Waals surface area contributed by atoms with Crippen molar-refractivity contribution in [1.82, 2.24) is 14.5 Å². The number of aromatic nitrogens is 2. The molecule has 2 aliphatic rings. The van der Waals surface area contributed by atoms with Crippen LogP contribution < -0.4 is 5.32 Å². The first kappa shape index (κ1) is 16.9. The number of sulfonamides is 1. The number of piperidine rings is 1. The third-order valence-corrected chi connectivity index (χ3v) is 7.64. The Labute approximate surface area is 152 Å². The van der Waals surface area contributed by atoms with Crippen LogP contribution in [0.4, 0.5) is 5.13 Å². The molecule has 6 nitrogen and oxygen atoms in total. The maximum Gasteiger partial charge on any atom is 0.243 e. The predicted octanol–water partition coefficient (Wildman–Crippen LogP) is 3.20. The van der Waals surface area contributed by atoms with Crippen LogP contribution in [0.2, 0.25) is 0 Å². The van der Waals surface area contributed by atoms with Crippen molar-refractivity contribution in [3.8, 4) is 0 Å². The topological polar surface area (TPSA) is 75.2 Å². The summed E-state index contributed by atoms with van der Waals surface area (Å²) in [5, 5.41) is 13.6. The number of anilines is 1. The van der Waals surface area contributed by atoms with Crippen LogP contribution in [0.15, 0.2) is 29.2 Å². The summed E-state index contributed by atoms with van der Waals surface area (Å²) in [6.07, 6.45) is 5.46. The van der Waals surface area contributed by atoms with Crippen LogP contribution in [0.1, 0.15) is 48.6 Å². The second kappa shape index (κ2) is 7.01. The van der Waals surface area contributed by atoms with Gasteiger partial charge in [0.15, 0.2) is 0 Å². The van der Waals surface area contributed by atoms with Crippen LogP contribution in [0.5, 0.6) is 0 Å². The zero-order chi connectivity index (χ0) is 17.3. The lowest BCUT2D eigenvalue weighted by molar-refractivity contribution is 0.346. The van der Waals surface area contributed by atoms with Crippen molar-refractivity contribution in [2.75, 3.05) is 18.4 Å². The Kier molecular flexibility index (Phi) is 4.75. The molecule has 25 heavy (non-hydrogen) atoms. The molecule has 0 bridgehead atoms. The van der Waals surface area contributed by atoms with E-state index in [0.29, 0.717) is 30.4 Å². The number of rotatable bonds is 6. The normalized spacial score (nSPS) is 19.0. The van der Waals surface area contributed by atoms with Crippen molar-refractivity contribution < 1.29 is 8.42 Å². The van der Waals surface area contributed by atoms with E-state index in [-0.39, 0.29) is 0 Å². The lowest BCUT2D eigenvalue weighted by Crippen LogP contribution is -2.35. The fourth-order valence-corrected chi connectivity index (χ4v) is 5.44. The number of hydrogen-bond acceptors (Lipinski definition) is 6. The third kappa shape index (κ3) is 3.86. The summed E-state index contributed by atoms with van der Waals surface area (Å²) >= 11 is 1.61. The number of nitrogens with zero attached hydrogens (tertiary/aromatic N) is 3. The fraction of sp³-hybridized carbons (Fsp3) is 0.529. The second-order valence-corrected chi connectivity index (χ2v) is 9.63. The molecule has 4 rings (SSSR count). The highest BCUT2D eigenvalue weighted by molar-refractivity contribution is 7.89. The molecule has 1 saturated heterocycles. The Hall–Kier alpha value is -1.51. The summed E-state index contributed by atoms with van der Waals surface area (Å²) < 4.78 is 26.9. The minimum Gasteiger partial charge on any atom is -0.356 e. The molecule has 1 aromatic carbocycles. The van der Waals surface area contributed by atoms with Crippen molar-refractivity contribution in [2.24, 2.45) is 0 Å². The smallest absolute Gasteiger partial charge is 0.243 e. The fourth-order valence-electron chi connectivity index (χ4n) is 3.01. The van der Waals surface area contributed by atoms with Gasteiger partial charge < -0.3 is 5.32 Å². The first-order valence-electron chi connectivity index (χ1n) is 8.79. The van der Waals surface area contributed by atoms with Gasteiger partial charge in [-0.3, -0.25) is 0 Å². The van der Waals surface area contributed by atoms with E-state index in [1.807, 2.05) is 12.1 Å². The Bertz CT molecular complexity index is 823. The number of hydrogen-bond donors (Lipinski definition) is 1. The summed E-state index contributed by atoms with van der Waals surface area (Å²) in [5.74, 6) is 0.618. The van der Waals surface area contributed by atoms with Gasteiger partial charge in [0.1, 0.15) is 5.01 Å². The second-order valence-electron chi connectivity index (χ2n) is 6.68. The zero-order valence-electron chi connectivity index (χ0n) is 14.0. The summed E-state index contributed by atoms with van der Waals surface area (Å²) in [4.78, 5) is 0.380. The molecule has 8 heteroatoms. The zero-order valence-corrected chi connectivity index (χ0v) is 15.7. The third-order valence-electron chi connectivity index (χ3n) is 4.69. The van der Waals surface area contributed by atoms with Crippen LogP contribution in [-0.4, -0.2) is 36.0 Å². The largest absolute Gasteiger partial charge is 0.356 e. The van der Waals surface area contributed by atoms with E-state index >= 15 is 0 Å². The summed E-state index contributed by atoms with van der Waals surface area (Å²) in [6.45, 7) is 1.88. The molecule has 0 spiro atoms. The highest BCUT2D eigenvalue weighted by atomic mass is 32.2. The molecule has 2 heterocycles. The molecule has 2 aromatic rings. The van der Waals surface area contributed by atoms with E-state index in [9.17, 15) is 8.42 Å². The highest BCUT2D eigenvalue weighted by Gasteiger charge is 2.27. The van der Waals surface area contributed by atoms with Gasteiger partial charge in [0.25, 0.3) is 0 Å². The number of benzene rings is 1. The molecule has 1 aliphatic heterocycles. The maximum atomic E-state index is 12.6. The van der Waals surface area contributed by atoms with Crippen LogP contribution in [0, 0.1) is 0 Å². The van der Waals surface area contributed by atoms with Crippen molar-refractivity contribution in [2.45, 2.75) is 49.5 Å². The van der Waals surface area contributed by atoms with Gasteiger partial charge in [0.05, 0.1) is 4.90 Å². The standard InChI is InChI=1S/C17H22N4O2S2/c22-25(23,21-10-2-1-3-11-21)15-8-4-13(5-9-15)12-18-17-20-19-16(24-17)14-6-7-14/h4-5,8-9,14H,1-3,6-7,10-12H2,(H,18,20). The lowest BCUT2D eigenvalue weighted by atomic mass is 10.2. The molecule has 134 valence electrons. The van der Waals surface area contributed by atoms with Crippen LogP contribution in [0.3, 0.4) is 0 Å². The van der Waals surface area contributed by atoms with Crippen molar-refractivity contribution in [1.29, 1.82) is 0 Å². The molecule has 1 N–H and O–H groups in total. The SMILES string of the molecule is O=S(=O)(c1ccc(CNc2nnc(C3CC3)s2)cc1)N1CCCCC1. The molecule has 0 radical (unpaired) electrons. The van der Waals surface area contributed by atoms with Crippen molar-refractivity contribution in [3.05, 3.63) is 34.8 Å². The van der Waals surface area contributed by atoms with E-state index in [4.69, 9.17) is 0 Å². The molecule has 0 atom stereocenters. The van der Waals surface area contributed by atoms with Crippen molar-refractivity contribution >= 4 is 26.5 Å². The first-order valence-corrected chi connectivity index (χ1v) is 11.0. The van der Waals surface area contributed by atoms with E-state index in [2.05, 4.69) is 15.5 Å². The molecule has 1 aromatic heterocycles.